The van der Waals surface area contributed by atoms with Gasteiger partial charge in [-0.1, -0.05) is 0 Å². The molecule has 0 saturated heterocycles. The summed E-state index contributed by atoms with van der Waals surface area (Å²) in [6.45, 7) is 1.78. The minimum absolute atomic E-state index is 0.0735. The van der Waals surface area contributed by atoms with Crippen LogP contribution in [0.3, 0.4) is 0 Å². The minimum Gasteiger partial charge on any atom is -0.463 e. The van der Waals surface area contributed by atoms with Crippen LogP contribution in [-0.4, -0.2) is 23.0 Å². The van der Waals surface area contributed by atoms with Crippen molar-refractivity contribution in [3.05, 3.63) is 22.2 Å². The third kappa shape index (κ3) is 2.01. The zero-order chi connectivity index (χ0) is 9.14. The van der Waals surface area contributed by atoms with E-state index < -0.39 is 5.97 Å². The molecular weight excluding hydrogens is 224 g/mol. The smallest absolute Gasteiger partial charge is 0.376 e. The van der Waals surface area contributed by atoms with Crippen molar-refractivity contribution in [1.29, 1.82) is 0 Å². The Balaban J connectivity index is 3.08. The Labute approximate surface area is 78.1 Å². The van der Waals surface area contributed by atoms with Crippen LogP contribution in [0, 0.1) is 6.92 Å². The Hall–Kier alpha value is -0.970. The lowest BCUT2D eigenvalue weighted by Crippen LogP contribution is -2.08. The molecule has 1 aromatic heterocycles. The van der Waals surface area contributed by atoms with E-state index in [1.165, 1.54) is 7.11 Å². The first-order valence-corrected chi connectivity index (χ1v) is 4.02. The second-order valence-corrected chi connectivity index (χ2v) is 2.96. The van der Waals surface area contributed by atoms with Crippen LogP contribution in [-0.2, 0) is 4.74 Å². The molecule has 1 aromatic rings. The van der Waals surface area contributed by atoms with E-state index in [0.29, 0.717) is 4.60 Å². The average molecular weight is 231 g/mol. The number of aryl methyl sites for hydroxylation is 1. The van der Waals surface area contributed by atoms with Crippen molar-refractivity contribution in [2.75, 3.05) is 7.11 Å². The van der Waals surface area contributed by atoms with Gasteiger partial charge in [0.05, 0.1) is 7.11 Å². The van der Waals surface area contributed by atoms with Gasteiger partial charge in [-0.2, -0.15) is 0 Å². The molecule has 5 heteroatoms. The number of halogens is 1. The number of aromatic nitrogens is 2. The van der Waals surface area contributed by atoms with Crippen molar-refractivity contribution >= 4 is 21.9 Å². The number of esters is 1. The Morgan fingerprint density at radius 2 is 2.25 bits per heavy atom. The Kier molecular flexibility index (Phi) is 2.75. The van der Waals surface area contributed by atoms with Gasteiger partial charge in [0.2, 0.25) is 5.82 Å². The van der Waals surface area contributed by atoms with Crippen LogP contribution in [0.25, 0.3) is 0 Å². The molecule has 0 N–H and O–H groups in total. The number of hydrogen-bond donors (Lipinski definition) is 0. The molecule has 0 fully saturated rings. The van der Waals surface area contributed by atoms with Crippen LogP contribution in [0.2, 0.25) is 0 Å². The molecule has 0 saturated carbocycles. The summed E-state index contributed by atoms with van der Waals surface area (Å²) in [5, 5.41) is 0. The summed E-state index contributed by atoms with van der Waals surface area (Å²) in [7, 11) is 1.29. The molecule has 0 spiro atoms. The molecule has 0 aliphatic rings. The average Bonchev–Trinajstić information content (AvgIpc) is 2.01. The highest BCUT2D eigenvalue weighted by Gasteiger charge is 2.09. The number of nitrogens with zero attached hydrogens (tertiary/aromatic N) is 2. The first-order chi connectivity index (χ1) is 5.63. The predicted molar refractivity (Wildman–Crippen MR) is 45.8 cm³/mol. The first kappa shape index (κ1) is 9.12. The molecule has 0 aliphatic carbocycles. The van der Waals surface area contributed by atoms with Crippen molar-refractivity contribution < 1.29 is 9.53 Å². The molecule has 0 unspecified atom stereocenters. The lowest BCUT2D eigenvalue weighted by molar-refractivity contribution is 0.0586. The number of hydrogen-bond acceptors (Lipinski definition) is 4. The molecule has 12 heavy (non-hydrogen) atoms. The summed E-state index contributed by atoms with van der Waals surface area (Å²) in [4.78, 5) is 18.7. The fraction of sp³-hybridized carbons (Fsp3) is 0.286. The van der Waals surface area contributed by atoms with Crippen molar-refractivity contribution in [1.82, 2.24) is 9.97 Å². The minimum atomic E-state index is -0.528. The molecule has 0 bridgehead atoms. The van der Waals surface area contributed by atoms with E-state index in [-0.39, 0.29) is 5.82 Å². The van der Waals surface area contributed by atoms with Gasteiger partial charge < -0.3 is 4.74 Å². The van der Waals surface area contributed by atoms with E-state index in [0.717, 1.165) is 5.69 Å². The third-order valence-corrected chi connectivity index (χ3v) is 1.60. The zero-order valence-corrected chi connectivity index (χ0v) is 8.25. The maximum atomic E-state index is 10.9. The number of methoxy groups -OCH3 is 1. The number of carbonyl (C=O) groups is 1. The van der Waals surface area contributed by atoms with Crippen molar-refractivity contribution in [3.63, 3.8) is 0 Å². The maximum Gasteiger partial charge on any atom is 0.376 e. The standard InChI is InChI=1S/C7H7BrN2O2/c1-4-3-5(8)10-6(9-4)7(11)12-2/h3H,1-2H3. The van der Waals surface area contributed by atoms with Crippen molar-refractivity contribution in [2.24, 2.45) is 0 Å². The second-order valence-electron chi connectivity index (χ2n) is 2.15. The quantitative estimate of drug-likeness (QED) is 0.540. The van der Waals surface area contributed by atoms with E-state index in [1.807, 2.05) is 0 Å². The molecule has 0 atom stereocenters. The zero-order valence-electron chi connectivity index (χ0n) is 6.67. The van der Waals surface area contributed by atoms with Gasteiger partial charge in [0.1, 0.15) is 4.60 Å². The van der Waals surface area contributed by atoms with Crippen LogP contribution >= 0.6 is 15.9 Å². The fourth-order valence-electron chi connectivity index (χ4n) is 0.713. The van der Waals surface area contributed by atoms with Crippen molar-refractivity contribution in [2.45, 2.75) is 6.92 Å². The lowest BCUT2D eigenvalue weighted by atomic mass is 10.4. The molecule has 0 aliphatic heterocycles. The highest BCUT2D eigenvalue weighted by molar-refractivity contribution is 9.10. The largest absolute Gasteiger partial charge is 0.463 e. The van der Waals surface area contributed by atoms with Gasteiger partial charge in [0, 0.05) is 5.69 Å². The van der Waals surface area contributed by atoms with E-state index in [1.54, 1.807) is 13.0 Å². The van der Waals surface area contributed by atoms with Gasteiger partial charge in [-0.05, 0) is 28.9 Å². The van der Waals surface area contributed by atoms with E-state index in [4.69, 9.17) is 0 Å². The number of carbonyl (C=O) groups excluding carboxylic acids is 1. The normalized spacial score (nSPS) is 9.58. The maximum absolute atomic E-state index is 10.9. The monoisotopic (exact) mass is 230 g/mol. The summed E-state index contributed by atoms with van der Waals surface area (Å²) >= 11 is 3.15. The van der Waals surface area contributed by atoms with Crippen molar-refractivity contribution in [3.8, 4) is 0 Å². The van der Waals surface area contributed by atoms with Gasteiger partial charge in [-0.25, -0.2) is 14.8 Å². The molecular formula is C7H7BrN2O2. The second kappa shape index (κ2) is 3.62. The van der Waals surface area contributed by atoms with Gasteiger partial charge in [0.15, 0.2) is 0 Å². The van der Waals surface area contributed by atoms with Gasteiger partial charge in [0.25, 0.3) is 0 Å². The number of rotatable bonds is 1. The highest BCUT2D eigenvalue weighted by Crippen LogP contribution is 2.07. The van der Waals surface area contributed by atoms with Crippen LogP contribution in [0.15, 0.2) is 10.7 Å². The molecule has 4 nitrogen and oxygen atoms in total. The topological polar surface area (TPSA) is 52.1 Å². The van der Waals surface area contributed by atoms with Gasteiger partial charge in [-0.15, -0.1) is 0 Å². The molecule has 0 radical (unpaired) electrons. The molecule has 1 rings (SSSR count). The summed E-state index contributed by atoms with van der Waals surface area (Å²) in [6.07, 6.45) is 0. The van der Waals surface area contributed by atoms with E-state index in [9.17, 15) is 4.79 Å². The highest BCUT2D eigenvalue weighted by atomic mass is 79.9. The Bertz CT molecular complexity index is 294. The summed E-state index contributed by atoms with van der Waals surface area (Å²) in [5.41, 5.74) is 0.720. The summed E-state index contributed by atoms with van der Waals surface area (Å²) in [6, 6.07) is 1.71. The Morgan fingerprint density at radius 1 is 1.58 bits per heavy atom. The Morgan fingerprint density at radius 3 is 2.75 bits per heavy atom. The van der Waals surface area contributed by atoms with E-state index >= 15 is 0 Å². The number of ether oxygens (including phenoxy) is 1. The molecule has 1 heterocycles. The SMILES string of the molecule is COC(=O)c1nc(C)cc(Br)n1. The van der Waals surface area contributed by atoms with Crippen LogP contribution in [0.4, 0.5) is 0 Å². The molecule has 0 amide bonds. The van der Waals surface area contributed by atoms with Crippen LogP contribution in [0.1, 0.15) is 16.3 Å². The van der Waals surface area contributed by atoms with Crippen LogP contribution < -0.4 is 0 Å². The van der Waals surface area contributed by atoms with Crippen LogP contribution in [0.5, 0.6) is 0 Å². The summed E-state index contributed by atoms with van der Waals surface area (Å²) in [5.74, 6) is -0.455. The van der Waals surface area contributed by atoms with Gasteiger partial charge in [-0.3, -0.25) is 0 Å². The summed E-state index contributed by atoms with van der Waals surface area (Å²) < 4.78 is 5.04. The van der Waals surface area contributed by atoms with E-state index in [2.05, 4.69) is 30.6 Å². The lowest BCUT2D eigenvalue weighted by Gasteiger charge is -1.98. The fourth-order valence-corrected chi connectivity index (χ4v) is 1.21. The van der Waals surface area contributed by atoms with Gasteiger partial charge >= 0.3 is 5.97 Å². The molecule has 0 aromatic carbocycles. The molecule has 64 valence electrons. The predicted octanol–water partition coefficient (Wildman–Crippen LogP) is 1.33. The first-order valence-electron chi connectivity index (χ1n) is 3.23. The third-order valence-electron chi connectivity index (χ3n) is 1.19.